The number of methoxy groups -OCH3 is 1. The molecule has 156 valence electrons. The monoisotopic (exact) mass is 407 g/mol. The van der Waals surface area contributed by atoms with Gasteiger partial charge in [0.25, 0.3) is 5.91 Å². The number of anilines is 1. The second-order valence-electron chi connectivity index (χ2n) is 7.79. The van der Waals surface area contributed by atoms with Gasteiger partial charge in [-0.25, -0.2) is 14.5 Å². The summed E-state index contributed by atoms with van der Waals surface area (Å²) >= 11 is 0. The number of carbonyl (C=O) groups excluding carboxylic acids is 2. The molecular weight excluding hydrogens is 382 g/mol. The molecule has 0 unspecified atom stereocenters. The molecule has 8 heteroatoms. The molecule has 8 nitrogen and oxygen atoms in total. The molecule has 0 saturated heterocycles. The largest absolute Gasteiger partial charge is 0.453 e. The number of ether oxygens (including phenoxy) is 1. The topological polar surface area (TPSA) is 98.1 Å². The van der Waals surface area contributed by atoms with Gasteiger partial charge < -0.3 is 10.1 Å². The molecule has 2 aromatic heterocycles. The summed E-state index contributed by atoms with van der Waals surface area (Å²) in [4.78, 5) is 29.1. The Balaban J connectivity index is 1.52. The van der Waals surface area contributed by atoms with Crippen LogP contribution in [0.25, 0.3) is 11.0 Å². The van der Waals surface area contributed by atoms with Gasteiger partial charge in [-0.1, -0.05) is 12.1 Å². The highest BCUT2D eigenvalue weighted by Gasteiger charge is 2.28. The number of fused-ring (bicyclic) bond motifs is 1. The lowest BCUT2D eigenvalue weighted by Crippen LogP contribution is -2.23. The fourth-order valence-electron chi connectivity index (χ4n) is 3.34. The number of rotatable bonds is 6. The molecule has 0 bridgehead atoms. The second-order valence-corrected chi connectivity index (χ2v) is 7.79. The zero-order chi connectivity index (χ0) is 21.3. The number of pyridine rings is 1. The molecule has 30 heavy (non-hydrogen) atoms. The van der Waals surface area contributed by atoms with Crippen LogP contribution in [0.3, 0.4) is 0 Å². The SMILES string of the molecule is COC(=O)Nc1ccc(CNC(=O)c2cc(C3CC3)nc3c2cnn3C(C)C)cc1. The molecule has 0 atom stereocenters. The van der Waals surface area contributed by atoms with Gasteiger partial charge in [-0.05, 0) is 50.5 Å². The molecule has 2 heterocycles. The second kappa shape index (κ2) is 8.14. The lowest BCUT2D eigenvalue weighted by atomic mass is 10.1. The number of nitrogens with zero attached hydrogens (tertiary/aromatic N) is 3. The quantitative estimate of drug-likeness (QED) is 0.644. The van der Waals surface area contributed by atoms with Crippen molar-refractivity contribution >= 4 is 28.7 Å². The smallest absolute Gasteiger partial charge is 0.411 e. The van der Waals surface area contributed by atoms with Crippen molar-refractivity contribution in [1.82, 2.24) is 20.1 Å². The first kappa shape index (κ1) is 19.9. The molecule has 2 amide bonds. The summed E-state index contributed by atoms with van der Waals surface area (Å²) in [6.45, 7) is 4.48. The highest BCUT2D eigenvalue weighted by molar-refractivity contribution is 6.05. The van der Waals surface area contributed by atoms with Crippen LogP contribution < -0.4 is 10.6 Å². The van der Waals surface area contributed by atoms with Gasteiger partial charge in [-0.2, -0.15) is 5.10 Å². The first-order valence-electron chi connectivity index (χ1n) is 10.1. The van der Waals surface area contributed by atoms with Gasteiger partial charge >= 0.3 is 6.09 Å². The number of carbonyl (C=O) groups is 2. The van der Waals surface area contributed by atoms with E-state index in [4.69, 9.17) is 4.98 Å². The molecule has 1 saturated carbocycles. The molecular formula is C22H25N5O3. The molecule has 1 aromatic carbocycles. The van der Waals surface area contributed by atoms with Crippen molar-refractivity contribution < 1.29 is 14.3 Å². The van der Waals surface area contributed by atoms with Crippen LogP contribution in [0.2, 0.25) is 0 Å². The molecule has 1 fully saturated rings. The van der Waals surface area contributed by atoms with Crippen LogP contribution in [0.5, 0.6) is 0 Å². The van der Waals surface area contributed by atoms with Crippen LogP contribution in [-0.4, -0.2) is 33.9 Å². The lowest BCUT2D eigenvalue weighted by Gasteiger charge is -2.11. The van der Waals surface area contributed by atoms with Crippen molar-refractivity contribution in [2.75, 3.05) is 12.4 Å². The Bertz CT molecular complexity index is 1080. The van der Waals surface area contributed by atoms with Crippen LogP contribution in [-0.2, 0) is 11.3 Å². The average molecular weight is 407 g/mol. The van der Waals surface area contributed by atoms with E-state index in [9.17, 15) is 9.59 Å². The predicted molar refractivity (Wildman–Crippen MR) is 114 cm³/mol. The Kier molecular flexibility index (Phi) is 5.39. The van der Waals surface area contributed by atoms with Gasteiger partial charge in [-0.3, -0.25) is 10.1 Å². The van der Waals surface area contributed by atoms with E-state index in [1.807, 2.05) is 22.9 Å². The van der Waals surface area contributed by atoms with E-state index in [1.54, 1.807) is 18.3 Å². The highest BCUT2D eigenvalue weighted by Crippen LogP contribution is 2.40. The van der Waals surface area contributed by atoms with Gasteiger partial charge in [0.05, 0.1) is 24.3 Å². The van der Waals surface area contributed by atoms with E-state index >= 15 is 0 Å². The maximum absolute atomic E-state index is 13.0. The zero-order valence-corrected chi connectivity index (χ0v) is 17.3. The first-order chi connectivity index (χ1) is 14.5. The third-order valence-corrected chi connectivity index (χ3v) is 5.15. The van der Waals surface area contributed by atoms with Gasteiger partial charge in [-0.15, -0.1) is 0 Å². The molecule has 0 aliphatic heterocycles. The predicted octanol–water partition coefficient (Wildman–Crippen LogP) is 4.00. The molecule has 3 aromatic rings. The number of aromatic nitrogens is 3. The number of amides is 2. The van der Waals surface area contributed by atoms with E-state index in [-0.39, 0.29) is 11.9 Å². The van der Waals surface area contributed by atoms with Crippen molar-refractivity contribution in [2.24, 2.45) is 0 Å². The van der Waals surface area contributed by atoms with Crippen LogP contribution in [0, 0.1) is 0 Å². The standard InChI is InChI=1S/C22H25N5O3/c1-13(2)27-20-18(12-24-27)17(10-19(26-20)15-6-7-15)21(28)23-11-14-4-8-16(9-5-14)25-22(29)30-3/h4-5,8-10,12-13,15H,6-7,11H2,1-3H3,(H,23,28)(H,25,29). The summed E-state index contributed by atoms with van der Waals surface area (Å²) in [5.74, 6) is 0.288. The Morgan fingerprint density at radius 2 is 1.97 bits per heavy atom. The van der Waals surface area contributed by atoms with E-state index in [1.165, 1.54) is 7.11 Å². The normalized spacial score (nSPS) is 13.5. The fourth-order valence-corrected chi connectivity index (χ4v) is 3.34. The summed E-state index contributed by atoms with van der Waals surface area (Å²) < 4.78 is 6.44. The minimum Gasteiger partial charge on any atom is -0.453 e. The van der Waals surface area contributed by atoms with Gasteiger partial charge in [0.15, 0.2) is 5.65 Å². The average Bonchev–Trinajstić information content (AvgIpc) is 3.50. The minimum atomic E-state index is -0.522. The Hall–Kier alpha value is -3.42. The number of hydrogen-bond acceptors (Lipinski definition) is 5. The van der Waals surface area contributed by atoms with Crippen LogP contribution >= 0.6 is 0 Å². The summed E-state index contributed by atoms with van der Waals surface area (Å²) in [5, 5.41) is 10.8. The molecule has 0 radical (unpaired) electrons. The van der Waals surface area contributed by atoms with Crippen molar-refractivity contribution in [3.8, 4) is 0 Å². The van der Waals surface area contributed by atoms with E-state index < -0.39 is 6.09 Å². The Morgan fingerprint density at radius 1 is 1.23 bits per heavy atom. The van der Waals surface area contributed by atoms with Gasteiger partial charge in [0.1, 0.15) is 0 Å². The maximum Gasteiger partial charge on any atom is 0.411 e. The number of hydrogen-bond donors (Lipinski definition) is 2. The summed E-state index contributed by atoms with van der Waals surface area (Å²) in [7, 11) is 1.31. The van der Waals surface area contributed by atoms with Crippen molar-refractivity contribution in [2.45, 2.75) is 45.2 Å². The third kappa shape index (κ3) is 4.12. The van der Waals surface area contributed by atoms with Gasteiger partial charge in [0, 0.05) is 29.9 Å². The molecule has 4 rings (SSSR count). The van der Waals surface area contributed by atoms with E-state index in [2.05, 4.69) is 34.3 Å². The van der Waals surface area contributed by atoms with Gasteiger partial charge in [0.2, 0.25) is 0 Å². The van der Waals surface area contributed by atoms with Crippen molar-refractivity contribution in [1.29, 1.82) is 0 Å². The molecule has 1 aliphatic rings. The molecule has 0 spiro atoms. The Morgan fingerprint density at radius 3 is 2.60 bits per heavy atom. The van der Waals surface area contributed by atoms with Crippen molar-refractivity contribution in [3.63, 3.8) is 0 Å². The number of benzene rings is 1. The van der Waals surface area contributed by atoms with Crippen LogP contribution in [0.1, 0.15) is 60.3 Å². The summed E-state index contributed by atoms with van der Waals surface area (Å²) in [6.07, 6.45) is 3.43. The third-order valence-electron chi connectivity index (χ3n) is 5.15. The molecule has 2 N–H and O–H groups in total. The highest BCUT2D eigenvalue weighted by atomic mass is 16.5. The summed E-state index contributed by atoms with van der Waals surface area (Å²) in [5.41, 5.74) is 3.89. The van der Waals surface area contributed by atoms with E-state index in [0.717, 1.165) is 35.1 Å². The fraction of sp³-hybridized carbons (Fsp3) is 0.364. The van der Waals surface area contributed by atoms with Crippen LogP contribution in [0.15, 0.2) is 36.5 Å². The van der Waals surface area contributed by atoms with Crippen LogP contribution in [0.4, 0.5) is 10.5 Å². The lowest BCUT2D eigenvalue weighted by molar-refractivity contribution is 0.0952. The van der Waals surface area contributed by atoms with Crippen molar-refractivity contribution in [3.05, 3.63) is 53.3 Å². The number of nitrogens with one attached hydrogen (secondary N) is 2. The first-order valence-corrected chi connectivity index (χ1v) is 10.1. The Labute approximate surface area is 174 Å². The summed E-state index contributed by atoms with van der Waals surface area (Å²) in [6, 6.07) is 9.30. The molecule has 1 aliphatic carbocycles. The zero-order valence-electron chi connectivity index (χ0n) is 17.3. The maximum atomic E-state index is 13.0. The van der Waals surface area contributed by atoms with E-state index in [0.29, 0.717) is 23.7 Å². The minimum absolute atomic E-state index is 0.149.